The van der Waals surface area contributed by atoms with E-state index in [0.29, 0.717) is 5.92 Å². The number of hydrogen-bond donors (Lipinski definition) is 1. The summed E-state index contributed by atoms with van der Waals surface area (Å²) >= 11 is 1.82. The third-order valence-corrected chi connectivity index (χ3v) is 6.57. The van der Waals surface area contributed by atoms with Crippen LogP contribution < -0.4 is 0 Å². The molecule has 2 aliphatic rings. The van der Waals surface area contributed by atoms with E-state index in [1.54, 1.807) is 0 Å². The molecule has 1 N–H and O–H groups in total. The second-order valence-corrected chi connectivity index (χ2v) is 7.90. The van der Waals surface area contributed by atoms with Gasteiger partial charge < -0.3 is 4.90 Å². The summed E-state index contributed by atoms with van der Waals surface area (Å²) in [5.74, 6) is 0.860. The van der Waals surface area contributed by atoms with Crippen LogP contribution in [0.15, 0.2) is 23.8 Å². The Balaban J connectivity index is 1.34. The van der Waals surface area contributed by atoms with Gasteiger partial charge in [-0.1, -0.05) is 0 Å². The maximum absolute atomic E-state index is 12.9. The van der Waals surface area contributed by atoms with Crippen molar-refractivity contribution in [3.05, 3.63) is 39.8 Å². The van der Waals surface area contributed by atoms with Crippen molar-refractivity contribution >= 4 is 17.2 Å². The van der Waals surface area contributed by atoms with Crippen molar-refractivity contribution < 1.29 is 4.79 Å². The van der Waals surface area contributed by atoms with Crippen molar-refractivity contribution in [3.63, 3.8) is 0 Å². The maximum atomic E-state index is 12.9. The van der Waals surface area contributed by atoms with Crippen molar-refractivity contribution in [2.75, 3.05) is 19.6 Å². The van der Waals surface area contributed by atoms with E-state index in [-0.39, 0.29) is 11.9 Å². The number of H-pyrrole nitrogens is 1. The number of carbonyl (C=O) groups excluding carboxylic acids is 1. The van der Waals surface area contributed by atoms with E-state index >= 15 is 0 Å². The molecule has 4 heterocycles. The zero-order valence-corrected chi connectivity index (χ0v) is 14.9. The third kappa shape index (κ3) is 3.00. The number of piperidine rings is 1. The summed E-state index contributed by atoms with van der Waals surface area (Å²) in [4.78, 5) is 18.8. The van der Waals surface area contributed by atoms with Crippen LogP contribution in [0.25, 0.3) is 0 Å². The van der Waals surface area contributed by atoms with Gasteiger partial charge in [-0.3, -0.25) is 14.8 Å². The van der Waals surface area contributed by atoms with E-state index in [1.807, 2.05) is 28.6 Å². The Morgan fingerprint density at radius 2 is 2.21 bits per heavy atom. The van der Waals surface area contributed by atoms with Crippen molar-refractivity contribution in [1.82, 2.24) is 20.0 Å². The Morgan fingerprint density at radius 3 is 2.96 bits per heavy atom. The first-order chi connectivity index (χ1) is 11.7. The SMILES string of the molecule is C[C@H](C(=O)N1CCc2sccc2C1)N1CCC(c2cn[nH]c2)CC1. The lowest BCUT2D eigenvalue weighted by Gasteiger charge is -2.38. The fourth-order valence-electron chi connectivity index (χ4n) is 3.96. The summed E-state index contributed by atoms with van der Waals surface area (Å²) in [5.41, 5.74) is 2.64. The highest BCUT2D eigenvalue weighted by Crippen LogP contribution is 2.29. The summed E-state index contributed by atoms with van der Waals surface area (Å²) in [5, 5.41) is 9.10. The summed E-state index contributed by atoms with van der Waals surface area (Å²) in [7, 11) is 0. The number of thiophene rings is 1. The quantitative estimate of drug-likeness (QED) is 0.931. The van der Waals surface area contributed by atoms with Crippen LogP contribution in [0.1, 0.15) is 41.7 Å². The van der Waals surface area contributed by atoms with Gasteiger partial charge in [0, 0.05) is 24.2 Å². The minimum Gasteiger partial charge on any atom is -0.337 e. The molecule has 1 fully saturated rings. The number of amides is 1. The lowest BCUT2D eigenvalue weighted by molar-refractivity contribution is -0.137. The first kappa shape index (κ1) is 15.8. The number of carbonyl (C=O) groups is 1. The van der Waals surface area contributed by atoms with Gasteiger partial charge in [-0.25, -0.2) is 0 Å². The predicted octanol–water partition coefficient (Wildman–Crippen LogP) is 2.62. The number of rotatable bonds is 3. The number of aromatic amines is 1. The van der Waals surface area contributed by atoms with E-state index in [2.05, 4.69) is 33.5 Å². The van der Waals surface area contributed by atoms with Crippen LogP contribution >= 0.6 is 11.3 Å². The van der Waals surface area contributed by atoms with Crippen LogP contribution in [-0.2, 0) is 17.8 Å². The van der Waals surface area contributed by atoms with Crippen LogP contribution in [0.2, 0.25) is 0 Å². The molecule has 5 nitrogen and oxygen atoms in total. The number of fused-ring (bicyclic) bond motifs is 1. The maximum Gasteiger partial charge on any atom is 0.239 e. The van der Waals surface area contributed by atoms with Gasteiger partial charge in [0.15, 0.2) is 0 Å². The number of aromatic nitrogens is 2. The van der Waals surface area contributed by atoms with E-state index in [4.69, 9.17) is 0 Å². The van der Waals surface area contributed by atoms with E-state index in [0.717, 1.165) is 45.4 Å². The Bertz CT molecular complexity index is 688. The van der Waals surface area contributed by atoms with Crippen molar-refractivity contribution in [2.45, 2.75) is 44.7 Å². The average Bonchev–Trinajstić information content (AvgIpc) is 3.31. The van der Waals surface area contributed by atoms with E-state index < -0.39 is 0 Å². The first-order valence-electron chi connectivity index (χ1n) is 8.79. The highest BCUT2D eigenvalue weighted by atomic mass is 32.1. The average molecular weight is 344 g/mol. The number of hydrogen-bond acceptors (Lipinski definition) is 4. The third-order valence-electron chi connectivity index (χ3n) is 5.54. The molecule has 1 saturated heterocycles. The first-order valence-corrected chi connectivity index (χ1v) is 9.67. The Morgan fingerprint density at radius 1 is 1.38 bits per heavy atom. The van der Waals surface area contributed by atoms with Crippen LogP contribution in [-0.4, -0.2) is 51.6 Å². The second kappa shape index (κ2) is 6.69. The lowest BCUT2D eigenvalue weighted by Crippen LogP contribution is -2.50. The van der Waals surface area contributed by atoms with Crippen molar-refractivity contribution in [3.8, 4) is 0 Å². The molecule has 0 aromatic carbocycles. The van der Waals surface area contributed by atoms with Gasteiger partial charge in [-0.15, -0.1) is 11.3 Å². The van der Waals surface area contributed by atoms with Gasteiger partial charge in [-0.2, -0.15) is 5.10 Å². The molecule has 0 radical (unpaired) electrons. The van der Waals surface area contributed by atoms with Crippen LogP contribution in [0.4, 0.5) is 0 Å². The monoisotopic (exact) mass is 344 g/mol. The normalized spacial score (nSPS) is 20.8. The number of likely N-dealkylation sites (tertiary alicyclic amines) is 1. The smallest absolute Gasteiger partial charge is 0.239 e. The van der Waals surface area contributed by atoms with Crippen molar-refractivity contribution in [1.29, 1.82) is 0 Å². The molecule has 1 amide bonds. The number of nitrogens with zero attached hydrogens (tertiary/aromatic N) is 3. The number of nitrogens with one attached hydrogen (secondary N) is 1. The minimum absolute atomic E-state index is 0.0181. The predicted molar refractivity (Wildman–Crippen MR) is 95.0 cm³/mol. The van der Waals surface area contributed by atoms with Gasteiger partial charge >= 0.3 is 0 Å². The second-order valence-electron chi connectivity index (χ2n) is 6.90. The van der Waals surface area contributed by atoms with Gasteiger partial charge in [0.05, 0.1) is 12.2 Å². The highest BCUT2D eigenvalue weighted by molar-refractivity contribution is 7.10. The molecule has 0 aliphatic carbocycles. The van der Waals surface area contributed by atoms with Crippen LogP contribution in [0.3, 0.4) is 0 Å². The fourth-order valence-corrected chi connectivity index (χ4v) is 4.85. The lowest BCUT2D eigenvalue weighted by atomic mass is 9.91. The summed E-state index contributed by atoms with van der Waals surface area (Å²) < 4.78 is 0. The van der Waals surface area contributed by atoms with Gasteiger partial charge in [-0.05, 0) is 67.8 Å². The molecular formula is C18H24N4OS. The van der Waals surface area contributed by atoms with Gasteiger partial charge in [0.2, 0.25) is 5.91 Å². The van der Waals surface area contributed by atoms with E-state index in [1.165, 1.54) is 16.0 Å². The zero-order chi connectivity index (χ0) is 16.5. The summed E-state index contributed by atoms with van der Waals surface area (Å²) in [6, 6.07) is 2.15. The molecule has 2 aliphatic heterocycles. The Labute approximate surface area is 146 Å². The molecule has 2 aromatic heterocycles. The van der Waals surface area contributed by atoms with Crippen molar-refractivity contribution in [2.24, 2.45) is 0 Å². The largest absolute Gasteiger partial charge is 0.337 e. The molecular weight excluding hydrogens is 320 g/mol. The molecule has 4 rings (SSSR count). The highest BCUT2D eigenvalue weighted by Gasteiger charge is 2.31. The topological polar surface area (TPSA) is 52.2 Å². The molecule has 24 heavy (non-hydrogen) atoms. The molecule has 6 heteroatoms. The molecule has 0 spiro atoms. The van der Waals surface area contributed by atoms with Crippen LogP contribution in [0.5, 0.6) is 0 Å². The van der Waals surface area contributed by atoms with Gasteiger partial charge in [0.25, 0.3) is 0 Å². The van der Waals surface area contributed by atoms with E-state index in [9.17, 15) is 4.79 Å². The fraction of sp³-hybridized carbons (Fsp3) is 0.556. The van der Waals surface area contributed by atoms with Crippen LogP contribution in [0, 0.1) is 0 Å². The minimum atomic E-state index is -0.0181. The molecule has 0 bridgehead atoms. The molecule has 0 unspecified atom stereocenters. The molecule has 0 saturated carbocycles. The molecule has 2 aromatic rings. The summed E-state index contributed by atoms with van der Waals surface area (Å²) in [6.07, 6.45) is 7.15. The Kier molecular flexibility index (Phi) is 4.41. The Hall–Kier alpha value is -1.66. The standard InChI is InChI=1S/C18H24N4OS/c1-13(18(23)22-8-4-17-15(12-22)5-9-24-17)21-6-2-14(3-7-21)16-10-19-20-11-16/h5,9-11,13-14H,2-4,6-8,12H2,1H3,(H,19,20)/t13-/m1/s1. The zero-order valence-electron chi connectivity index (χ0n) is 14.1. The summed E-state index contributed by atoms with van der Waals surface area (Å²) in [6.45, 7) is 5.69. The molecule has 1 atom stereocenters. The van der Waals surface area contributed by atoms with Gasteiger partial charge in [0.1, 0.15) is 0 Å². The molecule has 128 valence electrons.